The second-order valence-corrected chi connectivity index (χ2v) is 7.32. The Morgan fingerprint density at radius 1 is 1.18 bits per heavy atom. The van der Waals surface area contributed by atoms with Gasteiger partial charge in [-0.1, -0.05) is 34.6 Å². The first-order valence-electron chi connectivity index (χ1n) is 7.24. The summed E-state index contributed by atoms with van der Waals surface area (Å²) in [6.45, 7) is 15.0. The fourth-order valence-electron chi connectivity index (χ4n) is 2.95. The lowest BCUT2D eigenvalue weighted by Gasteiger charge is -2.43. The number of nitrogens with zero attached hydrogens (tertiary/aromatic N) is 1. The van der Waals surface area contributed by atoms with Gasteiger partial charge in [-0.3, -0.25) is 4.90 Å². The van der Waals surface area contributed by atoms with E-state index in [9.17, 15) is 0 Å². The highest BCUT2D eigenvalue weighted by atomic mass is 15.2. The van der Waals surface area contributed by atoms with Gasteiger partial charge in [0.1, 0.15) is 0 Å². The van der Waals surface area contributed by atoms with Crippen LogP contribution >= 0.6 is 0 Å². The Hall–Kier alpha value is -0.0800. The zero-order valence-corrected chi connectivity index (χ0v) is 12.7. The molecule has 17 heavy (non-hydrogen) atoms. The molecule has 2 N–H and O–H groups in total. The summed E-state index contributed by atoms with van der Waals surface area (Å²) in [4.78, 5) is 2.70. The molecule has 2 atom stereocenters. The van der Waals surface area contributed by atoms with Gasteiger partial charge in [0.15, 0.2) is 0 Å². The highest BCUT2D eigenvalue weighted by Crippen LogP contribution is 2.36. The third-order valence-corrected chi connectivity index (χ3v) is 3.72. The smallest absolute Gasteiger partial charge is 0.0295 e. The minimum Gasteiger partial charge on any atom is -0.327 e. The van der Waals surface area contributed by atoms with Crippen LogP contribution in [-0.4, -0.2) is 29.6 Å². The Kier molecular flexibility index (Phi) is 5.03. The van der Waals surface area contributed by atoms with Crippen molar-refractivity contribution in [3.63, 3.8) is 0 Å². The van der Waals surface area contributed by atoms with Gasteiger partial charge in [-0.15, -0.1) is 0 Å². The van der Waals surface area contributed by atoms with Crippen LogP contribution in [0.5, 0.6) is 0 Å². The monoisotopic (exact) mass is 240 g/mol. The van der Waals surface area contributed by atoms with E-state index in [1.54, 1.807) is 0 Å². The highest BCUT2D eigenvalue weighted by molar-refractivity contribution is 4.96. The molecule has 0 spiro atoms. The standard InChI is InChI=1S/C15H32N2/c1-11(2)9-10-17(13-7-8-13)14(12(3)16)15(4,5)6/h11-14H,7-10,16H2,1-6H3. The van der Waals surface area contributed by atoms with Crippen molar-refractivity contribution in [3.8, 4) is 0 Å². The Balaban J connectivity index is 2.71. The van der Waals surface area contributed by atoms with Gasteiger partial charge in [-0.05, 0) is 44.1 Å². The van der Waals surface area contributed by atoms with E-state index in [-0.39, 0.29) is 11.5 Å². The normalized spacial score (nSPS) is 21.0. The summed E-state index contributed by atoms with van der Waals surface area (Å²) >= 11 is 0. The minimum absolute atomic E-state index is 0.253. The molecule has 0 heterocycles. The molecule has 1 rings (SSSR count). The first kappa shape index (κ1) is 15.0. The molecule has 0 amide bonds. The van der Waals surface area contributed by atoms with E-state index in [4.69, 9.17) is 5.73 Å². The predicted octanol–water partition coefficient (Wildman–Crippen LogP) is 3.26. The summed E-state index contributed by atoms with van der Waals surface area (Å²) in [5.74, 6) is 0.782. The first-order chi connectivity index (χ1) is 7.73. The van der Waals surface area contributed by atoms with Crippen LogP contribution in [-0.2, 0) is 0 Å². The summed E-state index contributed by atoms with van der Waals surface area (Å²) in [5, 5.41) is 0. The molecule has 0 aliphatic heterocycles. The van der Waals surface area contributed by atoms with Gasteiger partial charge in [0.25, 0.3) is 0 Å². The number of hydrogen-bond donors (Lipinski definition) is 1. The summed E-state index contributed by atoms with van der Waals surface area (Å²) in [6.07, 6.45) is 4.03. The molecule has 0 radical (unpaired) electrons. The van der Waals surface area contributed by atoms with Crippen LogP contribution in [0.4, 0.5) is 0 Å². The molecule has 2 heteroatoms. The number of rotatable bonds is 6. The lowest BCUT2D eigenvalue weighted by molar-refractivity contribution is 0.0702. The Labute approximate surface area is 108 Å². The van der Waals surface area contributed by atoms with E-state index in [0.717, 1.165) is 12.0 Å². The van der Waals surface area contributed by atoms with Gasteiger partial charge in [0.05, 0.1) is 0 Å². The zero-order chi connectivity index (χ0) is 13.2. The number of nitrogens with two attached hydrogens (primary N) is 1. The Bertz CT molecular complexity index is 224. The lowest BCUT2D eigenvalue weighted by Crippen LogP contribution is -2.54. The fourth-order valence-corrected chi connectivity index (χ4v) is 2.95. The van der Waals surface area contributed by atoms with Crippen LogP contribution in [0.2, 0.25) is 0 Å². The SMILES string of the molecule is CC(C)CCN(C1CC1)C(C(C)N)C(C)(C)C. The van der Waals surface area contributed by atoms with Crippen molar-refractivity contribution >= 4 is 0 Å². The van der Waals surface area contributed by atoms with Crippen molar-refractivity contribution in [1.82, 2.24) is 4.90 Å². The van der Waals surface area contributed by atoms with Crippen LogP contribution in [0.15, 0.2) is 0 Å². The minimum atomic E-state index is 0.253. The molecule has 2 nitrogen and oxygen atoms in total. The molecule has 1 aliphatic rings. The topological polar surface area (TPSA) is 29.3 Å². The summed E-state index contributed by atoms with van der Waals surface area (Å²) in [6, 6.07) is 1.57. The Morgan fingerprint density at radius 3 is 2.00 bits per heavy atom. The van der Waals surface area contributed by atoms with Crippen LogP contribution in [0.3, 0.4) is 0 Å². The van der Waals surface area contributed by atoms with E-state index < -0.39 is 0 Å². The largest absolute Gasteiger partial charge is 0.327 e. The third-order valence-electron chi connectivity index (χ3n) is 3.72. The predicted molar refractivity (Wildman–Crippen MR) is 76.1 cm³/mol. The van der Waals surface area contributed by atoms with Gasteiger partial charge in [0, 0.05) is 18.1 Å². The summed E-state index contributed by atoms with van der Waals surface area (Å²) in [7, 11) is 0. The van der Waals surface area contributed by atoms with E-state index in [2.05, 4.69) is 46.4 Å². The maximum atomic E-state index is 6.25. The molecular formula is C15H32N2. The highest BCUT2D eigenvalue weighted by Gasteiger charge is 2.40. The van der Waals surface area contributed by atoms with Crippen molar-refractivity contribution in [1.29, 1.82) is 0 Å². The van der Waals surface area contributed by atoms with Crippen LogP contribution in [0.25, 0.3) is 0 Å². The molecule has 0 saturated heterocycles. The zero-order valence-electron chi connectivity index (χ0n) is 12.7. The average molecular weight is 240 g/mol. The fraction of sp³-hybridized carbons (Fsp3) is 1.00. The first-order valence-corrected chi connectivity index (χ1v) is 7.24. The lowest BCUT2D eigenvalue weighted by atomic mass is 9.81. The van der Waals surface area contributed by atoms with Crippen molar-refractivity contribution in [2.24, 2.45) is 17.1 Å². The van der Waals surface area contributed by atoms with Crippen LogP contribution < -0.4 is 5.73 Å². The van der Waals surface area contributed by atoms with Crippen molar-refractivity contribution in [2.75, 3.05) is 6.54 Å². The van der Waals surface area contributed by atoms with Gasteiger partial charge in [-0.2, -0.15) is 0 Å². The van der Waals surface area contributed by atoms with E-state index in [1.807, 2.05) is 0 Å². The van der Waals surface area contributed by atoms with Gasteiger partial charge >= 0.3 is 0 Å². The molecule has 102 valence electrons. The van der Waals surface area contributed by atoms with E-state index in [1.165, 1.54) is 25.8 Å². The molecular weight excluding hydrogens is 208 g/mol. The van der Waals surface area contributed by atoms with Crippen molar-refractivity contribution < 1.29 is 0 Å². The molecule has 1 fully saturated rings. The quantitative estimate of drug-likeness (QED) is 0.772. The van der Waals surface area contributed by atoms with Crippen molar-refractivity contribution in [2.45, 2.75) is 78.9 Å². The Morgan fingerprint density at radius 2 is 1.71 bits per heavy atom. The molecule has 0 aromatic rings. The molecule has 0 aromatic heterocycles. The molecule has 1 aliphatic carbocycles. The molecule has 1 saturated carbocycles. The second kappa shape index (κ2) is 5.71. The van der Waals surface area contributed by atoms with E-state index in [0.29, 0.717) is 6.04 Å². The molecule has 0 bridgehead atoms. The molecule has 0 aromatic carbocycles. The third kappa shape index (κ3) is 4.59. The average Bonchev–Trinajstić information content (AvgIpc) is 2.91. The van der Waals surface area contributed by atoms with Gasteiger partial charge in [0.2, 0.25) is 0 Å². The number of hydrogen-bond acceptors (Lipinski definition) is 2. The second-order valence-electron chi connectivity index (χ2n) is 7.32. The van der Waals surface area contributed by atoms with Gasteiger partial charge in [-0.25, -0.2) is 0 Å². The van der Waals surface area contributed by atoms with Gasteiger partial charge < -0.3 is 5.73 Å². The van der Waals surface area contributed by atoms with E-state index >= 15 is 0 Å². The summed E-state index contributed by atoms with van der Waals surface area (Å²) < 4.78 is 0. The maximum Gasteiger partial charge on any atom is 0.0295 e. The van der Waals surface area contributed by atoms with Crippen molar-refractivity contribution in [3.05, 3.63) is 0 Å². The summed E-state index contributed by atoms with van der Waals surface area (Å²) in [5.41, 5.74) is 6.53. The maximum absolute atomic E-state index is 6.25. The van der Waals surface area contributed by atoms with Crippen LogP contribution in [0.1, 0.15) is 60.8 Å². The molecule has 2 unspecified atom stereocenters. The van der Waals surface area contributed by atoms with Crippen LogP contribution in [0, 0.1) is 11.3 Å².